The third-order valence-corrected chi connectivity index (χ3v) is 4.76. The van der Waals surface area contributed by atoms with E-state index in [9.17, 15) is 4.79 Å². The molecule has 0 amide bonds. The maximum Gasteiger partial charge on any atom is 1.00 e. The van der Waals surface area contributed by atoms with Crippen molar-refractivity contribution < 1.29 is 29.6 Å². The minimum absolute atomic E-state index is 0. The van der Waals surface area contributed by atoms with Gasteiger partial charge in [-0.05, 0) is 43.2 Å². The number of nitrogens with zero attached hydrogens (tertiary/aromatic N) is 2. The molecular formula is C18H25N4NaOS2. The second kappa shape index (κ2) is 12.1. The molecule has 0 spiro atoms. The van der Waals surface area contributed by atoms with Gasteiger partial charge in [-0.3, -0.25) is 9.36 Å². The molecule has 2 aromatic heterocycles. The van der Waals surface area contributed by atoms with Gasteiger partial charge in [0.1, 0.15) is 5.82 Å². The number of thioether (sulfide) groups is 1. The van der Waals surface area contributed by atoms with Crippen LogP contribution in [0.1, 0.15) is 24.8 Å². The smallest absolute Gasteiger partial charge is 0.796 e. The fourth-order valence-corrected chi connectivity index (χ4v) is 3.46. The SMILES string of the molecule is CSCc1ccc(=O)n(-c2ccc(N[C@H]3CC[C@H](N)C3)nc2)c1.C[S-].[Na+]. The molecular weight excluding hydrogens is 375 g/mol. The first-order valence-corrected chi connectivity index (χ1v) is 10.5. The molecule has 0 aliphatic heterocycles. The minimum atomic E-state index is -0.0425. The van der Waals surface area contributed by atoms with Gasteiger partial charge in [0.15, 0.2) is 0 Å². The van der Waals surface area contributed by atoms with Crippen LogP contribution in [0.3, 0.4) is 0 Å². The molecule has 3 rings (SSSR count). The van der Waals surface area contributed by atoms with Gasteiger partial charge in [-0.2, -0.15) is 18.0 Å². The third kappa shape index (κ3) is 6.62. The quantitative estimate of drug-likeness (QED) is 0.524. The summed E-state index contributed by atoms with van der Waals surface area (Å²) < 4.78 is 1.65. The Kier molecular flexibility index (Phi) is 11.0. The minimum Gasteiger partial charge on any atom is -0.796 e. The van der Waals surface area contributed by atoms with Crippen molar-refractivity contribution in [3.05, 3.63) is 52.6 Å². The molecule has 2 aromatic rings. The molecule has 3 N–H and O–H groups in total. The standard InChI is InChI=1S/C17H22N4OS.CH4S.Na/c1-23-11-12-2-7-17(22)21(10-12)15-5-6-16(19-9-15)20-14-4-3-13(18)8-14;1-2;/h2,5-7,9-10,13-14H,3-4,8,11,18H2,1H3,(H,19,20);2H,1H3;/q;;+1/p-1/t13-,14-;;/m0../s1. The van der Waals surface area contributed by atoms with Gasteiger partial charge in [-0.1, -0.05) is 6.07 Å². The first kappa shape index (κ1) is 23.6. The Balaban J connectivity index is 0.00000109. The molecule has 8 heteroatoms. The number of anilines is 1. The molecule has 136 valence electrons. The molecule has 1 saturated carbocycles. The van der Waals surface area contributed by atoms with Gasteiger partial charge < -0.3 is 23.7 Å². The molecule has 0 radical (unpaired) electrons. The summed E-state index contributed by atoms with van der Waals surface area (Å²) in [5, 5.41) is 3.41. The normalized spacial score (nSPS) is 18.5. The van der Waals surface area contributed by atoms with Crippen molar-refractivity contribution >= 4 is 30.2 Å². The molecule has 0 bridgehead atoms. The van der Waals surface area contributed by atoms with Crippen LogP contribution in [0, 0.1) is 0 Å². The Labute approximate surface area is 187 Å². The summed E-state index contributed by atoms with van der Waals surface area (Å²) in [4.78, 5) is 16.5. The zero-order valence-electron chi connectivity index (χ0n) is 15.6. The summed E-state index contributed by atoms with van der Waals surface area (Å²) in [6, 6.07) is 8.03. The Hall–Kier alpha value is -0.440. The number of aromatic nitrogens is 2. The second-order valence-corrected chi connectivity index (χ2v) is 6.86. The van der Waals surface area contributed by atoms with E-state index in [1.54, 1.807) is 34.8 Å². The average Bonchev–Trinajstić information content (AvgIpc) is 3.04. The number of hydrogen-bond acceptors (Lipinski definition) is 6. The Morgan fingerprint density at radius 1 is 1.31 bits per heavy atom. The maximum absolute atomic E-state index is 12.1. The number of nitrogens with two attached hydrogens (primary N) is 1. The second-order valence-electron chi connectivity index (χ2n) is 5.99. The molecule has 2 atom stereocenters. The van der Waals surface area contributed by atoms with Crippen LogP contribution in [0.25, 0.3) is 5.69 Å². The summed E-state index contributed by atoms with van der Waals surface area (Å²) in [7, 11) is 0. The zero-order valence-corrected chi connectivity index (χ0v) is 19.3. The first-order valence-electron chi connectivity index (χ1n) is 8.25. The zero-order chi connectivity index (χ0) is 18.2. The summed E-state index contributed by atoms with van der Waals surface area (Å²) in [6.45, 7) is 0. The van der Waals surface area contributed by atoms with Crippen molar-refractivity contribution in [3.63, 3.8) is 0 Å². The summed E-state index contributed by atoms with van der Waals surface area (Å²) in [5.74, 6) is 1.72. The Morgan fingerprint density at radius 3 is 2.65 bits per heavy atom. The van der Waals surface area contributed by atoms with E-state index < -0.39 is 0 Å². The molecule has 1 fully saturated rings. The van der Waals surface area contributed by atoms with E-state index in [1.807, 2.05) is 30.7 Å². The molecule has 26 heavy (non-hydrogen) atoms. The van der Waals surface area contributed by atoms with Crippen LogP contribution in [0.15, 0.2) is 41.5 Å². The van der Waals surface area contributed by atoms with E-state index in [4.69, 9.17) is 5.73 Å². The first-order chi connectivity index (χ1) is 12.2. The van der Waals surface area contributed by atoms with Gasteiger partial charge in [0.25, 0.3) is 5.56 Å². The number of rotatable bonds is 5. The van der Waals surface area contributed by atoms with Crippen LogP contribution < -0.4 is 46.2 Å². The molecule has 0 saturated heterocycles. The van der Waals surface area contributed by atoms with Crippen LogP contribution >= 0.6 is 11.8 Å². The molecule has 2 heterocycles. The molecule has 5 nitrogen and oxygen atoms in total. The van der Waals surface area contributed by atoms with E-state index in [0.717, 1.165) is 42.1 Å². The van der Waals surface area contributed by atoms with Gasteiger partial charge in [-0.15, -0.1) is 0 Å². The van der Waals surface area contributed by atoms with Crippen molar-refractivity contribution in [2.24, 2.45) is 5.73 Å². The van der Waals surface area contributed by atoms with Gasteiger partial charge >= 0.3 is 29.6 Å². The largest absolute Gasteiger partial charge is 1.00 e. The Bertz CT molecular complexity index is 724. The fraction of sp³-hybridized carbons (Fsp3) is 0.444. The van der Waals surface area contributed by atoms with Crippen molar-refractivity contribution in [2.45, 2.75) is 37.1 Å². The van der Waals surface area contributed by atoms with Gasteiger partial charge in [-0.25, -0.2) is 4.98 Å². The van der Waals surface area contributed by atoms with Gasteiger partial charge in [0, 0.05) is 30.1 Å². The summed E-state index contributed by atoms with van der Waals surface area (Å²) in [5.41, 5.74) is 7.80. The number of pyridine rings is 2. The Morgan fingerprint density at radius 2 is 2.08 bits per heavy atom. The maximum atomic E-state index is 12.1. The molecule has 0 unspecified atom stereocenters. The van der Waals surface area contributed by atoms with Crippen molar-refractivity contribution in [1.82, 2.24) is 9.55 Å². The van der Waals surface area contributed by atoms with E-state index in [1.165, 1.54) is 0 Å². The van der Waals surface area contributed by atoms with E-state index in [0.29, 0.717) is 12.1 Å². The fourth-order valence-electron chi connectivity index (χ4n) is 2.96. The predicted octanol–water partition coefficient (Wildman–Crippen LogP) is -0.446. The number of hydrogen-bond donors (Lipinski definition) is 2. The monoisotopic (exact) mass is 400 g/mol. The van der Waals surface area contributed by atoms with Crippen LogP contribution in [0.5, 0.6) is 0 Å². The van der Waals surface area contributed by atoms with Crippen LogP contribution in [-0.2, 0) is 18.4 Å². The molecule has 1 aliphatic rings. The van der Waals surface area contributed by atoms with Gasteiger partial charge in [0.05, 0.1) is 11.9 Å². The molecule has 0 aromatic carbocycles. The summed E-state index contributed by atoms with van der Waals surface area (Å²) in [6.07, 6.45) is 10.4. The van der Waals surface area contributed by atoms with E-state index >= 15 is 0 Å². The van der Waals surface area contributed by atoms with Crippen molar-refractivity contribution in [3.8, 4) is 5.69 Å². The predicted molar refractivity (Wildman–Crippen MR) is 110 cm³/mol. The van der Waals surface area contributed by atoms with Crippen LogP contribution in [0.2, 0.25) is 0 Å². The van der Waals surface area contributed by atoms with E-state index in [-0.39, 0.29) is 35.1 Å². The van der Waals surface area contributed by atoms with Crippen LogP contribution in [0.4, 0.5) is 5.82 Å². The van der Waals surface area contributed by atoms with Gasteiger partial charge in [0.2, 0.25) is 0 Å². The molecule has 1 aliphatic carbocycles. The van der Waals surface area contributed by atoms with Crippen molar-refractivity contribution in [2.75, 3.05) is 17.8 Å². The van der Waals surface area contributed by atoms with E-state index in [2.05, 4.69) is 22.9 Å². The average molecular weight is 401 g/mol. The number of nitrogens with one attached hydrogen (secondary N) is 1. The van der Waals surface area contributed by atoms with Crippen LogP contribution in [-0.4, -0.2) is 34.1 Å². The topological polar surface area (TPSA) is 72.9 Å². The van der Waals surface area contributed by atoms with Crippen molar-refractivity contribution in [1.29, 1.82) is 0 Å². The third-order valence-electron chi connectivity index (χ3n) is 4.13. The summed E-state index contributed by atoms with van der Waals surface area (Å²) >= 11 is 5.82.